The number of furan rings is 1. The molecule has 7 aliphatic carbocycles. The van der Waals surface area contributed by atoms with Crippen LogP contribution in [0.15, 0.2) is 114 Å². The molecule has 59 heavy (non-hydrogen) atoms. The molecule has 2 atom stereocenters. The summed E-state index contributed by atoms with van der Waals surface area (Å²) in [6.45, 7) is 5.13. The standard InChI is InChI=1S/C57H63NO/c1-37-25-39-26-38(2)32-56(31-37,33-39)51-12-8-13-52(57-34-40-27-41(35-57)29-42(28-40)36-57)55(51)45-17-21-47(22-18-45)58(46-19-15-44(16-20-46)43-9-4-3-5-10-43)48-23-24-50-49-11-6-7-14-53(49)59-54(50)30-48/h6-8,11-24,30,37-43H,3-5,9-10,25-29,31-36H2,1-2H3. The molecule has 2 heteroatoms. The quantitative estimate of drug-likeness (QED) is 0.161. The van der Waals surface area contributed by atoms with Crippen molar-refractivity contribution >= 4 is 39.0 Å². The number of para-hydroxylation sites is 1. The van der Waals surface area contributed by atoms with Gasteiger partial charge in [0.2, 0.25) is 0 Å². The second kappa shape index (κ2) is 14.1. The first kappa shape index (κ1) is 36.5. The third kappa shape index (κ3) is 6.24. The topological polar surface area (TPSA) is 16.4 Å². The monoisotopic (exact) mass is 777 g/mol. The largest absolute Gasteiger partial charge is 0.456 e. The van der Waals surface area contributed by atoms with E-state index in [9.17, 15) is 0 Å². The molecular weight excluding hydrogens is 715 g/mol. The highest BCUT2D eigenvalue weighted by Crippen LogP contribution is 2.64. The minimum atomic E-state index is 0.278. The van der Waals surface area contributed by atoms with Gasteiger partial charge in [0.05, 0.1) is 0 Å². The summed E-state index contributed by atoms with van der Waals surface area (Å²) in [6.07, 6.45) is 22.3. The SMILES string of the molecule is CC1CC2CC(C)CC(c3cccc(C45CC6CC(CC(C6)C4)C5)c3-c3ccc(N(c4ccc(C5CCCCC5)cc4)c4ccc5c(c4)oc4ccccc45)cc3)(C1)C2. The summed E-state index contributed by atoms with van der Waals surface area (Å²) in [7, 11) is 0. The Balaban J connectivity index is 0.993. The maximum atomic E-state index is 6.50. The fraction of sp³-hybridized carbons (Fsp3) is 0.474. The molecule has 0 spiro atoms. The van der Waals surface area contributed by atoms with Crippen molar-refractivity contribution in [2.24, 2.45) is 35.5 Å². The van der Waals surface area contributed by atoms with Gasteiger partial charge in [-0.2, -0.15) is 0 Å². The summed E-state index contributed by atoms with van der Waals surface area (Å²) in [5.41, 5.74) is 14.1. The Morgan fingerprint density at radius 3 is 1.68 bits per heavy atom. The summed E-state index contributed by atoms with van der Waals surface area (Å²) in [5.74, 6) is 5.92. The van der Waals surface area contributed by atoms with E-state index in [2.05, 4.69) is 128 Å². The summed E-state index contributed by atoms with van der Waals surface area (Å²) in [6, 6.07) is 42.6. The smallest absolute Gasteiger partial charge is 0.137 e. The van der Waals surface area contributed by atoms with Crippen molar-refractivity contribution in [1.82, 2.24) is 0 Å². The summed E-state index contributed by atoms with van der Waals surface area (Å²) in [4.78, 5) is 2.47. The van der Waals surface area contributed by atoms with E-state index in [-0.39, 0.29) is 5.41 Å². The molecule has 302 valence electrons. The van der Waals surface area contributed by atoms with Crippen LogP contribution in [0, 0.1) is 35.5 Å². The zero-order chi connectivity index (χ0) is 39.3. The van der Waals surface area contributed by atoms with Crippen molar-refractivity contribution < 1.29 is 4.42 Å². The number of nitrogens with zero attached hydrogens (tertiary/aromatic N) is 1. The number of benzene rings is 5. The highest BCUT2D eigenvalue weighted by Gasteiger charge is 2.53. The molecule has 1 heterocycles. The average molecular weight is 778 g/mol. The van der Waals surface area contributed by atoms with E-state index in [0.29, 0.717) is 11.3 Å². The van der Waals surface area contributed by atoms with E-state index in [1.165, 1.54) is 136 Å². The molecule has 2 nitrogen and oxygen atoms in total. The molecule has 7 fully saturated rings. The molecule has 0 radical (unpaired) electrons. The van der Waals surface area contributed by atoms with E-state index in [1.54, 1.807) is 16.7 Å². The van der Waals surface area contributed by atoms with E-state index in [4.69, 9.17) is 4.42 Å². The van der Waals surface area contributed by atoms with Crippen LogP contribution >= 0.6 is 0 Å². The van der Waals surface area contributed by atoms with Gasteiger partial charge < -0.3 is 9.32 Å². The van der Waals surface area contributed by atoms with Crippen LogP contribution in [0.3, 0.4) is 0 Å². The third-order valence-electron chi connectivity index (χ3n) is 17.1. The molecule has 6 bridgehead atoms. The van der Waals surface area contributed by atoms with Crippen LogP contribution in [-0.4, -0.2) is 0 Å². The first-order valence-corrected chi connectivity index (χ1v) is 23.9. The van der Waals surface area contributed by atoms with Crippen molar-refractivity contribution in [2.45, 2.75) is 133 Å². The van der Waals surface area contributed by atoms with Crippen LogP contribution in [0.4, 0.5) is 17.1 Å². The first-order chi connectivity index (χ1) is 28.9. The number of fused-ring (bicyclic) bond motifs is 5. The lowest BCUT2D eigenvalue weighted by Crippen LogP contribution is -2.49. The van der Waals surface area contributed by atoms with Gasteiger partial charge in [0.25, 0.3) is 0 Å². The van der Waals surface area contributed by atoms with Crippen LogP contribution in [0.25, 0.3) is 33.1 Å². The molecular formula is C57H63NO. The number of rotatable bonds is 7. The van der Waals surface area contributed by atoms with Crippen molar-refractivity contribution in [2.75, 3.05) is 4.90 Å². The molecule has 13 rings (SSSR count). The summed E-state index contributed by atoms with van der Waals surface area (Å²) < 4.78 is 6.50. The van der Waals surface area contributed by atoms with E-state index in [0.717, 1.165) is 52.4 Å². The van der Waals surface area contributed by atoms with Gasteiger partial charge in [0.15, 0.2) is 0 Å². The second-order valence-electron chi connectivity index (χ2n) is 21.5. The van der Waals surface area contributed by atoms with Crippen LogP contribution in [-0.2, 0) is 10.8 Å². The van der Waals surface area contributed by atoms with Gasteiger partial charge >= 0.3 is 0 Å². The lowest BCUT2D eigenvalue weighted by Gasteiger charge is -2.58. The zero-order valence-corrected chi connectivity index (χ0v) is 35.6. The highest BCUT2D eigenvalue weighted by molar-refractivity contribution is 6.06. The maximum Gasteiger partial charge on any atom is 0.137 e. The summed E-state index contributed by atoms with van der Waals surface area (Å²) in [5, 5.41) is 2.36. The highest BCUT2D eigenvalue weighted by atomic mass is 16.3. The van der Waals surface area contributed by atoms with Gasteiger partial charge in [-0.05, 0) is 206 Å². The first-order valence-electron chi connectivity index (χ1n) is 23.9. The normalized spacial score (nSPS) is 31.6. The molecule has 2 unspecified atom stereocenters. The molecule has 0 amide bonds. The number of hydrogen-bond acceptors (Lipinski definition) is 2. The fourth-order valence-corrected chi connectivity index (χ4v) is 15.6. The van der Waals surface area contributed by atoms with Crippen molar-refractivity contribution in [1.29, 1.82) is 0 Å². The minimum Gasteiger partial charge on any atom is -0.456 e. The lowest BCUT2D eigenvalue weighted by molar-refractivity contribution is -0.00506. The number of hydrogen-bond donors (Lipinski definition) is 0. The molecule has 0 saturated heterocycles. The van der Waals surface area contributed by atoms with Gasteiger partial charge in [-0.15, -0.1) is 0 Å². The van der Waals surface area contributed by atoms with Gasteiger partial charge in [-0.3, -0.25) is 0 Å². The van der Waals surface area contributed by atoms with Gasteiger partial charge in [-0.1, -0.05) is 93.8 Å². The Morgan fingerprint density at radius 1 is 0.492 bits per heavy atom. The molecule has 7 aliphatic rings. The number of anilines is 3. The Kier molecular flexibility index (Phi) is 8.76. The Morgan fingerprint density at radius 2 is 1.03 bits per heavy atom. The lowest BCUT2D eigenvalue weighted by atomic mass is 9.47. The van der Waals surface area contributed by atoms with Crippen molar-refractivity contribution in [3.8, 4) is 11.1 Å². The van der Waals surface area contributed by atoms with E-state index in [1.807, 2.05) is 0 Å². The average Bonchev–Trinajstić information content (AvgIpc) is 3.61. The summed E-state index contributed by atoms with van der Waals surface area (Å²) >= 11 is 0. The van der Waals surface area contributed by atoms with Gasteiger partial charge in [-0.25, -0.2) is 0 Å². The van der Waals surface area contributed by atoms with Gasteiger partial charge in [0.1, 0.15) is 11.2 Å². The molecule has 7 saturated carbocycles. The van der Waals surface area contributed by atoms with Crippen molar-refractivity contribution in [3.63, 3.8) is 0 Å². The van der Waals surface area contributed by atoms with Crippen LogP contribution < -0.4 is 4.90 Å². The molecule has 0 N–H and O–H groups in total. The van der Waals surface area contributed by atoms with Crippen LogP contribution in [0.1, 0.15) is 139 Å². The molecule has 6 aromatic rings. The fourth-order valence-electron chi connectivity index (χ4n) is 15.6. The predicted molar refractivity (Wildman–Crippen MR) is 246 cm³/mol. The Bertz CT molecular complexity index is 2440. The predicted octanol–water partition coefficient (Wildman–Crippen LogP) is 16.3. The Hall–Kier alpha value is -4.30. The molecule has 0 aliphatic heterocycles. The van der Waals surface area contributed by atoms with Crippen LogP contribution in [0.2, 0.25) is 0 Å². The zero-order valence-electron chi connectivity index (χ0n) is 35.6. The van der Waals surface area contributed by atoms with E-state index < -0.39 is 0 Å². The van der Waals surface area contributed by atoms with Gasteiger partial charge in [0, 0.05) is 33.9 Å². The second-order valence-corrected chi connectivity index (χ2v) is 21.5. The molecule has 1 aromatic heterocycles. The van der Waals surface area contributed by atoms with Crippen LogP contribution in [0.5, 0.6) is 0 Å². The third-order valence-corrected chi connectivity index (χ3v) is 17.1. The Labute approximate surface area is 352 Å². The minimum absolute atomic E-state index is 0.278. The molecule has 5 aromatic carbocycles. The van der Waals surface area contributed by atoms with E-state index >= 15 is 0 Å². The van der Waals surface area contributed by atoms with Crippen molar-refractivity contribution in [3.05, 3.63) is 126 Å². The maximum absolute atomic E-state index is 6.50.